The Labute approximate surface area is 296 Å². The van der Waals surface area contributed by atoms with E-state index in [0.29, 0.717) is 51.7 Å². The zero-order valence-electron chi connectivity index (χ0n) is 28.2. The molecule has 2 heterocycles. The quantitative estimate of drug-likeness (QED) is 0.0271. The molecule has 1 aliphatic rings. The van der Waals surface area contributed by atoms with Gasteiger partial charge in [-0.25, -0.2) is 0 Å². The summed E-state index contributed by atoms with van der Waals surface area (Å²) in [5, 5.41) is 20.6. The van der Waals surface area contributed by atoms with Crippen molar-refractivity contribution in [1.82, 2.24) is 10.2 Å². The van der Waals surface area contributed by atoms with Crippen LogP contribution in [-0.4, -0.2) is 47.3 Å². The average Bonchev–Trinajstić information content (AvgIpc) is 3.70. The summed E-state index contributed by atoms with van der Waals surface area (Å²) in [4.78, 5) is 28.9. The number of methoxy groups -OCH3 is 1. The van der Waals surface area contributed by atoms with Gasteiger partial charge in [0.2, 0.25) is 5.13 Å². The van der Waals surface area contributed by atoms with E-state index in [4.69, 9.17) is 14.2 Å². The molecular formula is C38H43N3O6S2. The second kappa shape index (κ2) is 17.9. The van der Waals surface area contributed by atoms with Crippen LogP contribution in [0.4, 0.5) is 5.13 Å². The van der Waals surface area contributed by atoms with Gasteiger partial charge in [-0.2, -0.15) is 0 Å². The Morgan fingerprint density at radius 2 is 1.59 bits per heavy atom. The van der Waals surface area contributed by atoms with Gasteiger partial charge in [0, 0.05) is 11.3 Å². The van der Waals surface area contributed by atoms with Gasteiger partial charge in [-0.15, -0.1) is 10.2 Å². The van der Waals surface area contributed by atoms with Crippen LogP contribution in [0.3, 0.4) is 0 Å². The van der Waals surface area contributed by atoms with Gasteiger partial charge in [-0.05, 0) is 60.4 Å². The smallest absolute Gasteiger partial charge is 0.301 e. The first-order chi connectivity index (χ1) is 23.9. The number of thioether (sulfide) groups is 1. The first-order valence-corrected chi connectivity index (χ1v) is 18.6. The van der Waals surface area contributed by atoms with E-state index >= 15 is 0 Å². The Kier molecular flexibility index (Phi) is 13.1. The highest BCUT2D eigenvalue weighted by Gasteiger charge is 2.48. The predicted molar refractivity (Wildman–Crippen MR) is 195 cm³/mol. The van der Waals surface area contributed by atoms with Gasteiger partial charge in [-0.1, -0.05) is 105 Å². The molecule has 3 aromatic carbocycles. The molecule has 1 unspecified atom stereocenters. The zero-order valence-corrected chi connectivity index (χ0v) is 29.9. The van der Waals surface area contributed by atoms with Crippen LogP contribution in [0.1, 0.15) is 81.5 Å². The Bertz CT molecular complexity index is 1730. The number of anilines is 1. The van der Waals surface area contributed by atoms with E-state index in [9.17, 15) is 14.7 Å². The van der Waals surface area contributed by atoms with Crippen LogP contribution in [0.25, 0.3) is 5.76 Å². The maximum atomic E-state index is 13.8. The van der Waals surface area contributed by atoms with Crippen molar-refractivity contribution in [3.8, 4) is 17.2 Å². The first kappa shape index (κ1) is 35.9. The number of hydrogen-bond acceptors (Lipinski definition) is 10. The largest absolute Gasteiger partial charge is 0.507 e. The third kappa shape index (κ3) is 9.01. The molecule has 1 amide bonds. The summed E-state index contributed by atoms with van der Waals surface area (Å²) < 4.78 is 18.2. The molecule has 0 spiro atoms. The summed E-state index contributed by atoms with van der Waals surface area (Å²) in [5.74, 6) is 0.448. The van der Waals surface area contributed by atoms with Gasteiger partial charge >= 0.3 is 5.91 Å². The van der Waals surface area contributed by atoms with Crippen molar-refractivity contribution < 1.29 is 28.9 Å². The Morgan fingerprint density at radius 1 is 0.857 bits per heavy atom. The lowest BCUT2D eigenvalue weighted by Gasteiger charge is -2.23. The lowest BCUT2D eigenvalue weighted by molar-refractivity contribution is -0.132. The van der Waals surface area contributed by atoms with Crippen LogP contribution in [0.2, 0.25) is 0 Å². The predicted octanol–water partition coefficient (Wildman–Crippen LogP) is 8.99. The molecular weight excluding hydrogens is 659 g/mol. The number of carbonyl (C=O) groups is 2. The van der Waals surface area contributed by atoms with E-state index in [2.05, 4.69) is 24.0 Å². The molecule has 0 aliphatic carbocycles. The molecule has 258 valence electrons. The molecule has 1 aromatic heterocycles. The van der Waals surface area contributed by atoms with E-state index in [1.807, 2.05) is 30.3 Å². The van der Waals surface area contributed by atoms with Gasteiger partial charge in [0.15, 0.2) is 15.8 Å². The number of benzene rings is 3. The maximum Gasteiger partial charge on any atom is 0.301 e. The van der Waals surface area contributed by atoms with Crippen LogP contribution >= 0.6 is 23.1 Å². The maximum absolute atomic E-state index is 13.8. The number of hydrogen-bond donors (Lipinski definition) is 1. The number of ketones is 1. The van der Waals surface area contributed by atoms with Gasteiger partial charge in [-0.3, -0.25) is 14.5 Å². The molecule has 1 N–H and O–H groups in total. The van der Waals surface area contributed by atoms with Gasteiger partial charge < -0.3 is 19.3 Å². The van der Waals surface area contributed by atoms with Crippen molar-refractivity contribution in [3.63, 3.8) is 0 Å². The molecule has 9 nitrogen and oxygen atoms in total. The van der Waals surface area contributed by atoms with E-state index in [0.717, 1.165) is 31.2 Å². The van der Waals surface area contributed by atoms with Crippen LogP contribution in [-0.2, 0) is 15.3 Å². The number of rotatable bonds is 18. The number of unbranched alkanes of at least 4 members (excludes halogenated alkanes) is 5. The summed E-state index contributed by atoms with van der Waals surface area (Å²) in [6.45, 7) is 5.41. The highest BCUT2D eigenvalue weighted by atomic mass is 32.2. The van der Waals surface area contributed by atoms with Crippen LogP contribution in [0.15, 0.2) is 82.7 Å². The topological polar surface area (TPSA) is 111 Å². The Morgan fingerprint density at radius 3 is 2.33 bits per heavy atom. The van der Waals surface area contributed by atoms with Gasteiger partial charge in [0.05, 0.1) is 31.9 Å². The fraction of sp³-hybridized carbons (Fsp3) is 0.368. The first-order valence-electron chi connectivity index (χ1n) is 16.8. The van der Waals surface area contributed by atoms with Crippen LogP contribution in [0, 0.1) is 0 Å². The lowest BCUT2D eigenvalue weighted by atomic mass is 9.95. The Balaban J connectivity index is 1.48. The number of aliphatic hydroxyl groups excluding tert-OH is 1. The van der Waals surface area contributed by atoms with E-state index in [1.165, 1.54) is 47.3 Å². The minimum Gasteiger partial charge on any atom is -0.507 e. The summed E-state index contributed by atoms with van der Waals surface area (Å²) in [5.41, 5.74) is 2.02. The number of ether oxygens (including phenoxy) is 3. The fourth-order valence-electron chi connectivity index (χ4n) is 5.48. The molecule has 1 fully saturated rings. The molecule has 0 saturated carbocycles. The van der Waals surface area contributed by atoms with Crippen molar-refractivity contribution in [3.05, 3.63) is 95.1 Å². The second-order valence-electron chi connectivity index (χ2n) is 11.7. The molecule has 1 atom stereocenters. The molecule has 11 heteroatoms. The van der Waals surface area contributed by atoms with E-state index in [1.54, 1.807) is 49.6 Å². The van der Waals surface area contributed by atoms with E-state index < -0.39 is 17.7 Å². The van der Waals surface area contributed by atoms with E-state index in [-0.39, 0.29) is 16.5 Å². The Hall–Kier alpha value is -4.35. The monoisotopic (exact) mass is 701 g/mol. The number of aromatic nitrogens is 2. The molecule has 0 radical (unpaired) electrons. The standard InChI is InChI=1S/C38H43N3O6S2/c1-4-6-8-9-13-23-47-30-21-18-28(24-31(30)45-3)33-32(34(42)27-16-19-29(20-17-27)46-22-7-5-2)35(43)36(44)41(33)37-39-40-38(49-37)48-25-26-14-11-10-12-15-26/h10-12,14-21,24,33,42H,4-9,13,22-23,25H2,1-3H3/b34-32+. The highest BCUT2D eigenvalue weighted by Crippen LogP contribution is 2.45. The zero-order chi connectivity index (χ0) is 34.6. The lowest BCUT2D eigenvalue weighted by Crippen LogP contribution is -2.29. The average molecular weight is 702 g/mol. The summed E-state index contributed by atoms with van der Waals surface area (Å²) in [6.07, 6.45) is 7.50. The third-order valence-electron chi connectivity index (χ3n) is 8.15. The molecule has 4 aromatic rings. The molecule has 5 rings (SSSR count). The highest BCUT2D eigenvalue weighted by molar-refractivity contribution is 8.00. The van der Waals surface area contributed by atoms with Crippen molar-refractivity contribution in [2.45, 2.75) is 74.9 Å². The number of aliphatic hydroxyl groups is 1. The number of nitrogens with zero attached hydrogens (tertiary/aromatic N) is 3. The second-order valence-corrected chi connectivity index (χ2v) is 13.9. The van der Waals surface area contributed by atoms with Gasteiger partial charge in [0.1, 0.15) is 11.5 Å². The number of Topliss-reactive ketones (excluding diaryl/α,β-unsaturated/α-hetero) is 1. The summed E-state index contributed by atoms with van der Waals surface area (Å²) >= 11 is 2.72. The molecule has 1 saturated heterocycles. The van der Waals surface area contributed by atoms with Crippen molar-refractivity contribution in [2.24, 2.45) is 0 Å². The summed E-state index contributed by atoms with van der Waals surface area (Å²) in [6, 6.07) is 21.2. The minimum atomic E-state index is -0.989. The fourth-order valence-corrected chi connectivity index (χ4v) is 7.31. The van der Waals surface area contributed by atoms with Crippen LogP contribution < -0.4 is 19.1 Å². The minimum absolute atomic E-state index is 0.0509. The molecule has 49 heavy (non-hydrogen) atoms. The number of carbonyl (C=O) groups excluding carboxylic acids is 2. The number of amides is 1. The molecule has 1 aliphatic heterocycles. The van der Waals surface area contributed by atoms with Gasteiger partial charge in [0.25, 0.3) is 5.78 Å². The summed E-state index contributed by atoms with van der Waals surface area (Å²) in [7, 11) is 1.55. The SMILES string of the molecule is CCCCCCCOc1ccc(C2/C(=C(\O)c3ccc(OCCCC)cc3)C(=O)C(=O)N2c2nnc(SCc3ccccc3)s2)cc1OC. The van der Waals surface area contributed by atoms with Crippen LogP contribution in [0.5, 0.6) is 17.2 Å². The van der Waals surface area contributed by atoms with Crippen molar-refractivity contribution in [1.29, 1.82) is 0 Å². The van der Waals surface area contributed by atoms with Crippen molar-refractivity contribution in [2.75, 3.05) is 25.2 Å². The third-order valence-corrected chi connectivity index (χ3v) is 10.3. The normalized spacial score (nSPS) is 15.5. The van der Waals surface area contributed by atoms with Crippen molar-refractivity contribution >= 4 is 45.7 Å². The molecule has 0 bridgehead atoms.